The number of anilines is 1. The van der Waals surface area contributed by atoms with Crippen molar-refractivity contribution in [3.05, 3.63) is 29.6 Å². The standard InChI is InChI=1S/C14H19FN2O2/c1-10(18)13-9-12(15)3-4-14(13)17-7-5-16(6-8-17)11(2)19/h3-4,9-10,18H,5-8H2,1-2H3/t10-/m0/s1. The molecule has 1 N–H and O–H groups in total. The number of rotatable bonds is 2. The SMILES string of the molecule is CC(=O)N1CCN(c2ccc(F)cc2[C@H](C)O)CC1. The summed E-state index contributed by atoms with van der Waals surface area (Å²) < 4.78 is 13.3. The molecule has 1 aromatic rings. The largest absolute Gasteiger partial charge is 0.389 e. The van der Waals surface area contributed by atoms with Gasteiger partial charge in [0.1, 0.15) is 5.82 Å². The Morgan fingerprint density at radius 2 is 1.95 bits per heavy atom. The highest BCUT2D eigenvalue weighted by molar-refractivity contribution is 5.73. The first kappa shape index (κ1) is 13.8. The van der Waals surface area contributed by atoms with Gasteiger partial charge in [0.25, 0.3) is 0 Å². The van der Waals surface area contributed by atoms with Gasteiger partial charge in [-0.3, -0.25) is 4.79 Å². The summed E-state index contributed by atoms with van der Waals surface area (Å²) in [6, 6.07) is 4.47. The highest BCUT2D eigenvalue weighted by atomic mass is 19.1. The molecule has 2 rings (SSSR count). The van der Waals surface area contributed by atoms with Crippen LogP contribution < -0.4 is 4.90 Å². The van der Waals surface area contributed by atoms with Crippen molar-refractivity contribution in [3.8, 4) is 0 Å². The van der Waals surface area contributed by atoms with Gasteiger partial charge in [-0.15, -0.1) is 0 Å². The molecular formula is C14H19FN2O2. The van der Waals surface area contributed by atoms with E-state index in [0.29, 0.717) is 31.7 Å². The minimum absolute atomic E-state index is 0.0782. The van der Waals surface area contributed by atoms with E-state index in [4.69, 9.17) is 0 Å². The molecule has 1 saturated heterocycles. The molecular weight excluding hydrogens is 247 g/mol. The summed E-state index contributed by atoms with van der Waals surface area (Å²) in [4.78, 5) is 15.2. The Kier molecular flexibility index (Phi) is 4.04. The number of carbonyl (C=O) groups excluding carboxylic acids is 1. The monoisotopic (exact) mass is 266 g/mol. The number of hydrogen-bond donors (Lipinski definition) is 1. The Bertz CT molecular complexity index is 469. The van der Waals surface area contributed by atoms with E-state index in [2.05, 4.69) is 4.90 Å². The number of piperazine rings is 1. The normalized spacial score (nSPS) is 17.5. The molecule has 0 aliphatic carbocycles. The van der Waals surface area contributed by atoms with Gasteiger partial charge in [0.05, 0.1) is 6.10 Å². The predicted octanol–water partition coefficient (Wildman–Crippen LogP) is 1.55. The van der Waals surface area contributed by atoms with E-state index in [0.717, 1.165) is 5.69 Å². The number of nitrogens with zero attached hydrogens (tertiary/aromatic N) is 2. The maximum atomic E-state index is 13.3. The molecule has 1 aromatic carbocycles. The average molecular weight is 266 g/mol. The first-order valence-corrected chi connectivity index (χ1v) is 6.47. The Morgan fingerprint density at radius 3 is 2.47 bits per heavy atom. The molecule has 104 valence electrons. The molecule has 1 atom stereocenters. The van der Waals surface area contributed by atoms with E-state index in [1.807, 2.05) is 0 Å². The van der Waals surface area contributed by atoms with E-state index < -0.39 is 6.10 Å². The lowest BCUT2D eigenvalue weighted by atomic mass is 10.1. The zero-order valence-electron chi connectivity index (χ0n) is 11.3. The molecule has 0 saturated carbocycles. The molecule has 0 unspecified atom stereocenters. The lowest BCUT2D eigenvalue weighted by molar-refractivity contribution is -0.129. The van der Waals surface area contributed by atoms with Gasteiger partial charge in [-0.25, -0.2) is 4.39 Å². The number of halogens is 1. The van der Waals surface area contributed by atoms with Crippen molar-refractivity contribution in [3.63, 3.8) is 0 Å². The van der Waals surface area contributed by atoms with Crippen LogP contribution in [0.4, 0.5) is 10.1 Å². The van der Waals surface area contributed by atoms with Crippen LogP contribution in [0.5, 0.6) is 0 Å². The molecule has 1 aliphatic heterocycles. The second-order valence-electron chi connectivity index (χ2n) is 4.87. The highest BCUT2D eigenvalue weighted by Crippen LogP contribution is 2.28. The topological polar surface area (TPSA) is 43.8 Å². The summed E-state index contributed by atoms with van der Waals surface area (Å²) in [5.74, 6) is -0.267. The number of benzene rings is 1. The van der Waals surface area contributed by atoms with Gasteiger partial charge >= 0.3 is 0 Å². The number of amides is 1. The lowest BCUT2D eigenvalue weighted by Crippen LogP contribution is -2.48. The second-order valence-corrected chi connectivity index (χ2v) is 4.87. The summed E-state index contributed by atoms with van der Waals surface area (Å²) in [6.07, 6.45) is -0.712. The fraction of sp³-hybridized carbons (Fsp3) is 0.500. The lowest BCUT2D eigenvalue weighted by Gasteiger charge is -2.36. The summed E-state index contributed by atoms with van der Waals surface area (Å²) >= 11 is 0. The Balaban J connectivity index is 2.17. The van der Waals surface area contributed by atoms with E-state index in [9.17, 15) is 14.3 Å². The molecule has 4 nitrogen and oxygen atoms in total. The Hall–Kier alpha value is -1.62. The number of aliphatic hydroxyl groups is 1. The third kappa shape index (κ3) is 3.04. The molecule has 0 bridgehead atoms. The van der Waals surface area contributed by atoms with Crippen molar-refractivity contribution in [1.29, 1.82) is 0 Å². The van der Waals surface area contributed by atoms with E-state index >= 15 is 0 Å². The maximum Gasteiger partial charge on any atom is 0.219 e. The second kappa shape index (κ2) is 5.57. The van der Waals surface area contributed by atoms with Crippen LogP contribution in [0.2, 0.25) is 0 Å². The summed E-state index contributed by atoms with van der Waals surface area (Å²) in [5, 5.41) is 9.74. The zero-order valence-corrected chi connectivity index (χ0v) is 11.3. The van der Waals surface area contributed by atoms with Crippen molar-refractivity contribution in [2.75, 3.05) is 31.1 Å². The summed E-state index contributed by atoms with van der Waals surface area (Å²) in [5.41, 5.74) is 1.44. The molecule has 0 spiro atoms. The molecule has 0 radical (unpaired) electrons. The minimum Gasteiger partial charge on any atom is -0.389 e. The van der Waals surface area contributed by atoms with Gasteiger partial charge in [0.15, 0.2) is 0 Å². The van der Waals surface area contributed by atoms with Crippen molar-refractivity contribution >= 4 is 11.6 Å². The maximum absolute atomic E-state index is 13.3. The van der Waals surface area contributed by atoms with Crippen LogP contribution in [0.25, 0.3) is 0 Å². The third-order valence-electron chi connectivity index (χ3n) is 3.51. The van der Waals surface area contributed by atoms with Gasteiger partial charge in [-0.05, 0) is 25.1 Å². The minimum atomic E-state index is -0.712. The first-order chi connectivity index (χ1) is 8.99. The van der Waals surface area contributed by atoms with Crippen molar-refractivity contribution in [2.45, 2.75) is 20.0 Å². The van der Waals surface area contributed by atoms with Gasteiger partial charge in [-0.2, -0.15) is 0 Å². The molecule has 1 aliphatic rings. The smallest absolute Gasteiger partial charge is 0.219 e. The quantitative estimate of drug-likeness (QED) is 0.883. The van der Waals surface area contributed by atoms with Gasteiger partial charge in [0, 0.05) is 44.4 Å². The third-order valence-corrected chi connectivity index (χ3v) is 3.51. The molecule has 1 amide bonds. The fourth-order valence-electron chi connectivity index (χ4n) is 2.41. The summed E-state index contributed by atoms with van der Waals surface area (Å²) in [6.45, 7) is 5.91. The van der Waals surface area contributed by atoms with Crippen LogP contribution in [0, 0.1) is 5.82 Å². The zero-order chi connectivity index (χ0) is 14.0. The van der Waals surface area contributed by atoms with Crippen LogP contribution in [0.1, 0.15) is 25.5 Å². The number of aliphatic hydroxyl groups excluding tert-OH is 1. The molecule has 1 fully saturated rings. The Labute approximate surface area is 112 Å². The van der Waals surface area contributed by atoms with Crippen LogP contribution in [0.15, 0.2) is 18.2 Å². The fourth-order valence-corrected chi connectivity index (χ4v) is 2.41. The molecule has 5 heteroatoms. The van der Waals surface area contributed by atoms with Crippen LogP contribution in [-0.2, 0) is 4.79 Å². The predicted molar refractivity (Wildman–Crippen MR) is 71.5 cm³/mol. The van der Waals surface area contributed by atoms with Crippen molar-refractivity contribution in [1.82, 2.24) is 4.90 Å². The van der Waals surface area contributed by atoms with E-state index in [1.165, 1.54) is 12.1 Å². The van der Waals surface area contributed by atoms with E-state index in [-0.39, 0.29) is 11.7 Å². The molecule has 1 heterocycles. The first-order valence-electron chi connectivity index (χ1n) is 6.47. The van der Waals surface area contributed by atoms with Crippen molar-refractivity contribution < 1.29 is 14.3 Å². The van der Waals surface area contributed by atoms with Crippen LogP contribution in [-0.4, -0.2) is 42.1 Å². The summed E-state index contributed by atoms with van der Waals surface area (Å²) in [7, 11) is 0. The number of carbonyl (C=O) groups is 1. The van der Waals surface area contributed by atoms with Crippen LogP contribution in [0.3, 0.4) is 0 Å². The van der Waals surface area contributed by atoms with Gasteiger partial charge < -0.3 is 14.9 Å². The number of hydrogen-bond acceptors (Lipinski definition) is 3. The molecule has 19 heavy (non-hydrogen) atoms. The highest BCUT2D eigenvalue weighted by Gasteiger charge is 2.21. The average Bonchev–Trinajstić information content (AvgIpc) is 2.38. The van der Waals surface area contributed by atoms with Gasteiger partial charge in [-0.1, -0.05) is 0 Å². The van der Waals surface area contributed by atoms with E-state index in [1.54, 1.807) is 24.8 Å². The Morgan fingerprint density at radius 1 is 1.32 bits per heavy atom. The van der Waals surface area contributed by atoms with Gasteiger partial charge in [0.2, 0.25) is 5.91 Å². The molecule has 0 aromatic heterocycles. The van der Waals surface area contributed by atoms with Crippen LogP contribution >= 0.6 is 0 Å². The van der Waals surface area contributed by atoms with Crippen molar-refractivity contribution in [2.24, 2.45) is 0 Å².